The van der Waals surface area contributed by atoms with Crippen molar-refractivity contribution in [3.63, 3.8) is 0 Å². The first-order valence-electron chi connectivity index (χ1n) is 11.5. The largest absolute Gasteiger partial charge is 0.371 e. The molecule has 1 aliphatic heterocycles. The lowest BCUT2D eigenvalue weighted by molar-refractivity contribution is -0.135. The summed E-state index contributed by atoms with van der Waals surface area (Å²) in [5.41, 5.74) is 3.25. The van der Waals surface area contributed by atoms with Gasteiger partial charge in [-0.1, -0.05) is 18.2 Å². The second-order valence-corrected chi connectivity index (χ2v) is 10.3. The number of anilines is 1. The summed E-state index contributed by atoms with van der Waals surface area (Å²) in [5, 5.41) is 0. The SMILES string of the molecule is Cc1cccc(C)c1S(=O)N(C)CCOCC(=O)N(C)CC1CCN(c2ccncc2)CC1. The summed E-state index contributed by atoms with van der Waals surface area (Å²) >= 11 is 0. The number of benzene rings is 1. The van der Waals surface area contributed by atoms with Crippen LogP contribution in [0.25, 0.3) is 0 Å². The molecule has 0 saturated carbocycles. The molecule has 180 valence electrons. The van der Waals surface area contributed by atoms with E-state index in [1.54, 1.807) is 9.21 Å². The second kappa shape index (κ2) is 12.3. The molecule has 1 saturated heterocycles. The molecular formula is C25H36N4O3S. The van der Waals surface area contributed by atoms with Gasteiger partial charge in [0.1, 0.15) is 17.6 Å². The van der Waals surface area contributed by atoms with Crippen molar-refractivity contribution in [2.75, 3.05) is 58.4 Å². The van der Waals surface area contributed by atoms with E-state index >= 15 is 0 Å². The Hall–Kier alpha value is -2.29. The Morgan fingerprint density at radius 1 is 1.12 bits per heavy atom. The van der Waals surface area contributed by atoms with Crippen LogP contribution in [0.5, 0.6) is 0 Å². The smallest absolute Gasteiger partial charge is 0.248 e. The van der Waals surface area contributed by atoms with E-state index in [9.17, 15) is 9.00 Å². The average molecular weight is 473 g/mol. The maximum absolute atomic E-state index is 12.9. The average Bonchev–Trinajstić information content (AvgIpc) is 2.82. The van der Waals surface area contributed by atoms with Crippen LogP contribution in [-0.2, 0) is 20.5 Å². The predicted octanol–water partition coefficient (Wildman–Crippen LogP) is 3.04. The first-order valence-corrected chi connectivity index (χ1v) is 12.6. The summed E-state index contributed by atoms with van der Waals surface area (Å²) in [5.74, 6) is 0.494. The van der Waals surface area contributed by atoms with Gasteiger partial charge in [-0.15, -0.1) is 0 Å². The van der Waals surface area contributed by atoms with Crippen molar-refractivity contribution in [1.29, 1.82) is 0 Å². The number of likely N-dealkylation sites (N-methyl/N-ethyl adjacent to an activating group) is 2. The van der Waals surface area contributed by atoms with Gasteiger partial charge in [0.05, 0.1) is 11.5 Å². The fourth-order valence-corrected chi connectivity index (χ4v) is 5.43. The van der Waals surface area contributed by atoms with Gasteiger partial charge in [-0.2, -0.15) is 0 Å². The molecule has 33 heavy (non-hydrogen) atoms. The van der Waals surface area contributed by atoms with Crippen molar-refractivity contribution < 1.29 is 13.7 Å². The molecular weight excluding hydrogens is 436 g/mol. The number of aromatic nitrogens is 1. The van der Waals surface area contributed by atoms with Crippen molar-refractivity contribution in [1.82, 2.24) is 14.2 Å². The molecule has 1 unspecified atom stereocenters. The van der Waals surface area contributed by atoms with Gasteiger partial charge in [0, 0.05) is 58.4 Å². The number of nitrogens with zero attached hydrogens (tertiary/aromatic N) is 4. The number of ether oxygens (including phenoxy) is 1. The van der Waals surface area contributed by atoms with Crippen molar-refractivity contribution in [3.05, 3.63) is 53.9 Å². The quantitative estimate of drug-likeness (QED) is 0.497. The van der Waals surface area contributed by atoms with Gasteiger partial charge in [-0.05, 0) is 55.9 Å². The van der Waals surface area contributed by atoms with E-state index in [4.69, 9.17) is 4.74 Å². The molecule has 0 spiro atoms. The van der Waals surface area contributed by atoms with Crippen LogP contribution in [0.2, 0.25) is 0 Å². The standard InChI is InChI=1S/C25H36N4O3S/c1-20-6-5-7-21(2)25(20)33(31)28(4)16-17-32-19-24(30)27(3)18-22-10-14-29(15-11-22)23-8-12-26-13-9-23/h5-9,12-13,22H,10-11,14-19H2,1-4H3. The maximum atomic E-state index is 12.9. The van der Waals surface area contributed by atoms with Crippen LogP contribution in [0.4, 0.5) is 5.69 Å². The van der Waals surface area contributed by atoms with Crippen molar-refractivity contribution in [2.24, 2.45) is 5.92 Å². The third-order valence-electron chi connectivity index (χ3n) is 6.24. The molecule has 1 fully saturated rings. The minimum Gasteiger partial charge on any atom is -0.371 e. The van der Waals surface area contributed by atoms with Crippen LogP contribution in [-0.4, -0.2) is 77.8 Å². The molecule has 1 aromatic heterocycles. The van der Waals surface area contributed by atoms with Gasteiger partial charge in [-0.25, -0.2) is 8.51 Å². The number of rotatable bonds is 10. The summed E-state index contributed by atoms with van der Waals surface area (Å²) < 4.78 is 20.2. The molecule has 0 radical (unpaired) electrons. The van der Waals surface area contributed by atoms with E-state index in [0.717, 1.165) is 48.5 Å². The van der Waals surface area contributed by atoms with Gasteiger partial charge in [0.25, 0.3) is 0 Å². The van der Waals surface area contributed by atoms with Gasteiger partial charge < -0.3 is 14.5 Å². The zero-order valence-electron chi connectivity index (χ0n) is 20.2. The Morgan fingerprint density at radius 2 is 1.76 bits per heavy atom. The highest BCUT2D eigenvalue weighted by atomic mass is 32.2. The fourth-order valence-electron chi connectivity index (χ4n) is 4.19. The second-order valence-electron chi connectivity index (χ2n) is 8.78. The Labute approximate surface area is 200 Å². The summed E-state index contributed by atoms with van der Waals surface area (Å²) in [6.45, 7) is 7.60. The minimum absolute atomic E-state index is 0.00918. The number of aryl methyl sites for hydroxylation is 2. The molecule has 0 bridgehead atoms. The van der Waals surface area contributed by atoms with Crippen LogP contribution in [0.15, 0.2) is 47.6 Å². The number of piperidine rings is 1. The topological polar surface area (TPSA) is 66.0 Å². The minimum atomic E-state index is -1.25. The third kappa shape index (κ3) is 7.09. The van der Waals surface area contributed by atoms with Crippen molar-refractivity contribution in [3.8, 4) is 0 Å². The maximum Gasteiger partial charge on any atom is 0.248 e. The summed E-state index contributed by atoms with van der Waals surface area (Å²) in [6, 6.07) is 10.0. The summed E-state index contributed by atoms with van der Waals surface area (Å²) in [4.78, 5) is 21.6. The van der Waals surface area contributed by atoms with Gasteiger partial charge >= 0.3 is 0 Å². The van der Waals surface area contributed by atoms with E-state index < -0.39 is 11.0 Å². The molecule has 3 rings (SSSR count). The normalized spacial score (nSPS) is 15.6. The fraction of sp³-hybridized carbons (Fsp3) is 0.520. The lowest BCUT2D eigenvalue weighted by Crippen LogP contribution is -2.40. The van der Waals surface area contributed by atoms with Crippen LogP contribution < -0.4 is 4.90 Å². The molecule has 1 aliphatic rings. The molecule has 0 N–H and O–H groups in total. The van der Waals surface area contributed by atoms with Crippen LogP contribution in [0.1, 0.15) is 24.0 Å². The molecule has 2 heterocycles. The first kappa shape index (κ1) is 25.3. The Morgan fingerprint density at radius 3 is 2.39 bits per heavy atom. The first-order chi connectivity index (χ1) is 15.9. The molecule has 1 atom stereocenters. The number of pyridine rings is 1. The van der Waals surface area contributed by atoms with Gasteiger partial charge in [-0.3, -0.25) is 9.78 Å². The van der Waals surface area contributed by atoms with E-state index in [-0.39, 0.29) is 12.5 Å². The Kier molecular flexibility index (Phi) is 9.41. The molecule has 1 aromatic carbocycles. The molecule has 7 nitrogen and oxygen atoms in total. The Balaban J connectivity index is 1.35. The summed E-state index contributed by atoms with van der Waals surface area (Å²) in [7, 11) is 2.42. The number of carbonyl (C=O) groups excluding carboxylic acids is 1. The Bertz CT molecular complexity index is 912. The van der Waals surface area contributed by atoms with E-state index in [1.807, 2.05) is 70.7 Å². The van der Waals surface area contributed by atoms with Crippen LogP contribution in [0, 0.1) is 19.8 Å². The lowest BCUT2D eigenvalue weighted by Gasteiger charge is -2.35. The highest BCUT2D eigenvalue weighted by Gasteiger charge is 2.22. The van der Waals surface area contributed by atoms with E-state index in [0.29, 0.717) is 19.1 Å². The van der Waals surface area contributed by atoms with E-state index in [2.05, 4.69) is 9.88 Å². The zero-order chi connectivity index (χ0) is 23.8. The molecule has 0 aliphatic carbocycles. The number of amides is 1. The number of carbonyl (C=O) groups is 1. The van der Waals surface area contributed by atoms with Crippen molar-refractivity contribution >= 4 is 22.6 Å². The predicted molar refractivity (Wildman–Crippen MR) is 133 cm³/mol. The molecule has 2 aromatic rings. The summed E-state index contributed by atoms with van der Waals surface area (Å²) in [6.07, 6.45) is 5.78. The lowest BCUT2D eigenvalue weighted by atomic mass is 9.96. The zero-order valence-corrected chi connectivity index (χ0v) is 21.0. The van der Waals surface area contributed by atoms with Gasteiger partial charge in [0.2, 0.25) is 5.91 Å². The van der Waals surface area contributed by atoms with E-state index in [1.165, 1.54) is 5.69 Å². The van der Waals surface area contributed by atoms with Crippen LogP contribution in [0.3, 0.4) is 0 Å². The highest BCUT2D eigenvalue weighted by Crippen LogP contribution is 2.23. The monoisotopic (exact) mass is 472 g/mol. The molecule has 1 amide bonds. The number of hydrogen-bond acceptors (Lipinski definition) is 5. The van der Waals surface area contributed by atoms with Crippen molar-refractivity contribution in [2.45, 2.75) is 31.6 Å². The molecule has 8 heteroatoms. The highest BCUT2D eigenvalue weighted by molar-refractivity contribution is 7.82. The van der Waals surface area contributed by atoms with Gasteiger partial charge in [0.15, 0.2) is 0 Å². The third-order valence-corrected chi connectivity index (χ3v) is 7.98. The van der Waals surface area contributed by atoms with Crippen LogP contribution >= 0.6 is 0 Å². The number of hydrogen-bond donors (Lipinski definition) is 0.